The average molecular weight is 556 g/mol. The Labute approximate surface area is 226 Å². The molecule has 0 saturated carbocycles. The Hall–Kier alpha value is -1.42. The van der Waals surface area contributed by atoms with Gasteiger partial charge < -0.3 is 52.6 Å². The molecule has 0 spiro atoms. The zero-order valence-corrected chi connectivity index (χ0v) is 23.4. The van der Waals surface area contributed by atoms with Gasteiger partial charge in [-0.1, -0.05) is 5.16 Å². The summed E-state index contributed by atoms with van der Waals surface area (Å²) >= 11 is 0. The summed E-state index contributed by atoms with van der Waals surface area (Å²) in [6.45, 7) is 13.7. The lowest BCUT2D eigenvalue weighted by atomic mass is 10.2. The van der Waals surface area contributed by atoms with Gasteiger partial charge in [0.1, 0.15) is 5.60 Å². The number of hydrogen-bond acceptors (Lipinski definition) is 13. The van der Waals surface area contributed by atoms with Crippen molar-refractivity contribution in [2.24, 2.45) is 5.16 Å². The van der Waals surface area contributed by atoms with Gasteiger partial charge in [-0.25, -0.2) is 0 Å². The van der Waals surface area contributed by atoms with Crippen molar-refractivity contribution in [2.75, 3.05) is 119 Å². The summed E-state index contributed by atoms with van der Waals surface area (Å²) in [5.41, 5.74) is -0.472. The molecule has 0 aliphatic heterocycles. The number of rotatable bonds is 29. The number of ether oxygens (including phenoxy) is 10. The minimum Gasteiger partial charge on any atom is -0.460 e. The van der Waals surface area contributed by atoms with Crippen molar-refractivity contribution in [3.8, 4) is 0 Å². The summed E-state index contributed by atoms with van der Waals surface area (Å²) < 4.78 is 53.5. The molecule has 0 aliphatic carbocycles. The first-order valence-corrected chi connectivity index (χ1v) is 13.0. The fourth-order valence-corrected chi connectivity index (χ4v) is 2.48. The maximum atomic E-state index is 11.5. The SMILES string of the molecule is CC(C)(C)OC(=O)CCOCCOCCOCCOCCOCCOCCOCCOCCOC/C=N/O. The standard InChI is InChI=1S/C25H49NO12/c1-25(2,3)38-24(27)4-6-29-8-10-31-12-14-33-16-18-35-20-22-37-23-21-36-19-17-34-15-13-32-11-9-30-7-5-26-28/h5,28H,4,6-23H2,1-3H3/b26-5+. The third-order valence-corrected chi connectivity index (χ3v) is 4.12. The Morgan fingerprint density at radius 1 is 0.553 bits per heavy atom. The predicted molar refractivity (Wildman–Crippen MR) is 138 cm³/mol. The molecule has 1 N–H and O–H groups in total. The van der Waals surface area contributed by atoms with Gasteiger partial charge in [0.2, 0.25) is 0 Å². The minimum absolute atomic E-state index is 0.232. The van der Waals surface area contributed by atoms with Crippen LogP contribution in [0.5, 0.6) is 0 Å². The fourth-order valence-electron chi connectivity index (χ4n) is 2.48. The van der Waals surface area contributed by atoms with Crippen LogP contribution in [0.4, 0.5) is 0 Å². The topological polar surface area (TPSA) is 142 Å². The second kappa shape index (κ2) is 28.6. The Kier molecular flexibility index (Phi) is 27.5. The Balaban J connectivity index is 3.10. The molecule has 0 bridgehead atoms. The minimum atomic E-state index is -0.472. The van der Waals surface area contributed by atoms with Crippen molar-refractivity contribution >= 4 is 12.2 Å². The summed E-state index contributed by atoms with van der Waals surface area (Å²) in [4.78, 5) is 11.5. The van der Waals surface area contributed by atoms with Gasteiger partial charge in [0, 0.05) is 0 Å². The molecule has 0 saturated heterocycles. The molecule has 226 valence electrons. The van der Waals surface area contributed by atoms with Crippen LogP contribution in [0.1, 0.15) is 27.2 Å². The summed E-state index contributed by atoms with van der Waals surface area (Å²) in [5.74, 6) is -0.266. The molecule has 0 heterocycles. The van der Waals surface area contributed by atoms with Crippen LogP contribution in [0.25, 0.3) is 0 Å². The van der Waals surface area contributed by atoms with E-state index in [9.17, 15) is 4.79 Å². The average Bonchev–Trinajstić information content (AvgIpc) is 2.86. The van der Waals surface area contributed by atoms with Gasteiger partial charge in [-0.05, 0) is 20.8 Å². The highest BCUT2D eigenvalue weighted by atomic mass is 16.6. The monoisotopic (exact) mass is 555 g/mol. The lowest BCUT2D eigenvalue weighted by Gasteiger charge is -2.19. The van der Waals surface area contributed by atoms with E-state index in [2.05, 4.69) is 5.16 Å². The molecule has 0 amide bonds. The van der Waals surface area contributed by atoms with Crippen LogP contribution in [0.3, 0.4) is 0 Å². The maximum absolute atomic E-state index is 11.5. The molecule has 38 heavy (non-hydrogen) atoms. The molecule has 0 aromatic carbocycles. The normalized spacial score (nSPS) is 12.0. The van der Waals surface area contributed by atoms with Crippen molar-refractivity contribution in [1.29, 1.82) is 0 Å². The summed E-state index contributed by atoms with van der Waals surface area (Å²) in [7, 11) is 0. The molecule has 13 nitrogen and oxygen atoms in total. The van der Waals surface area contributed by atoms with Gasteiger partial charge in [-0.15, -0.1) is 0 Å². The first kappa shape index (κ1) is 36.6. The highest BCUT2D eigenvalue weighted by molar-refractivity contribution is 5.69. The molecule has 0 aromatic heterocycles. The summed E-state index contributed by atoms with van der Waals surface area (Å²) in [6, 6.07) is 0. The van der Waals surface area contributed by atoms with Crippen LogP contribution in [0.15, 0.2) is 5.16 Å². The first-order valence-electron chi connectivity index (χ1n) is 13.0. The highest BCUT2D eigenvalue weighted by Gasteiger charge is 2.15. The van der Waals surface area contributed by atoms with Gasteiger partial charge in [-0.2, -0.15) is 0 Å². The number of hydrogen-bond donors (Lipinski definition) is 1. The zero-order chi connectivity index (χ0) is 28.0. The van der Waals surface area contributed by atoms with Gasteiger partial charge in [0.15, 0.2) is 0 Å². The lowest BCUT2D eigenvalue weighted by Crippen LogP contribution is -2.24. The molecular weight excluding hydrogens is 506 g/mol. The van der Waals surface area contributed by atoms with Crippen LogP contribution >= 0.6 is 0 Å². The van der Waals surface area contributed by atoms with E-state index in [0.29, 0.717) is 112 Å². The molecule has 13 heteroatoms. The van der Waals surface area contributed by atoms with E-state index in [1.807, 2.05) is 20.8 Å². The number of esters is 1. The number of nitrogens with zero attached hydrogens (tertiary/aromatic N) is 1. The summed E-state index contributed by atoms with van der Waals surface area (Å²) in [5, 5.41) is 11.0. The fraction of sp³-hybridized carbons (Fsp3) is 0.920. The van der Waals surface area contributed by atoms with Crippen molar-refractivity contribution in [1.82, 2.24) is 0 Å². The summed E-state index contributed by atoms with van der Waals surface area (Å²) in [6.07, 6.45) is 1.49. The van der Waals surface area contributed by atoms with E-state index in [1.165, 1.54) is 6.21 Å². The number of carbonyl (C=O) groups excluding carboxylic acids is 1. The van der Waals surface area contributed by atoms with Crippen molar-refractivity contribution in [3.63, 3.8) is 0 Å². The zero-order valence-electron chi connectivity index (χ0n) is 23.4. The van der Waals surface area contributed by atoms with Crippen LogP contribution in [0, 0.1) is 0 Å². The van der Waals surface area contributed by atoms with Crippen LogP contribution in [-0.2, 0) is 52.2 Å². The van der Waals surface area contributed by atoms with Gasteiger partial charge >= 0.3 is 5.97 Å². The van der Waals surface area contributed by atoms with E-state index >= 15 is 0 Å². The Bertz CT molecular complexity index is 531. The van der Waals surface area contributed by atoms with Gasteiger partial charge in [-0.3, -0.25) is 4.79 Å². The number of oxime groups is 1. The molecule has 0 unspecified atom stereocenters. The van der Waals surface area contributed by atoms with Crippen molar-refractivity contribution in [3.05, 3.63) is 0 Å². The second-order valence-electron chi connectivity index (χ2n) is 8.61. The van der Waals surface area contributed by atoms with E-state index in [4.69, 9.17) is 52.6 Å². The maximum Gasteiger partial charge on any atom is 0.308 e. The van der Waals surface area contributed by atoms with Crippen LogP contribution in [-0.4, -0.2) is 142 Å². The molecule has 0 aliphatic rings. The third-order valence-electron chi connectivity index (χ3n) is 4.12. The smallest absolute Gasteiger partial charge is 0.308 e. The third kappa shape index (κ3) is 32.6. The lowest BCUT2D eigenvalue weighted by molar-refractivity contribution is -0.156. The largest absolute Gasteiger partial charge is 0.460 e. The number of carbonyl (C=O) groups is 1. The van der Waals surface area contributed by atoms with E-state index < -0.39 is 5.60 Å². The molecule has 0 rings (SSSR count). The molecule has 0 atom stereocenters. The van der Waals surface area contributed by atoms with Crippen LogP contribution in [0.2, 0.25) is 0 Å². The first-order chi connectivity index (χ1) is 18.5. The van der Waals surface area contributed by atoms with E-state index in [-0.39, 0.29) is 19.0 Å². The Morgan fingerprint density at radius 3 is 1.13 bits per heavy atom. The van der Waals surface area contributed by atoms with E-state index in [0.717, 1.165) is 0 Å². The van der Waals surface area contributed by atoms with Crippen LogP contribution < -0.4 is 0 Å². The molecule has 0 radical (unpaired) electrons. The van der Waals surface area contributed by atoms with Gasteiger partial charge in [0.05, 0.1) is 132 Å². The predicted octanol–water partition coefficient (Wildman–Crippen LogP) is 1.33. The quantitative estimate of drug-likeness (QED) is 0.0468. The second-order valence-corrected chi connectivity index (χ2v) is 8.61. The van der Waals surface area contributed by atoms with Crippen molar-refractivity contribution < 1.29 is 57.4 Å². The van der Waals surface area contributed by atoms with E-state index in [1.54, 1.807) is 0 Å². The van der Waals surface area contributed by atoms with Gasteiger partial charge in [0.25, 0.3) is 0 Å². The molecule has 0 fully saturated rings. The highest BCUT2D eigenvalue weighted by Crippen LogP contribution is 2.08. The molecular formula is C25H49NO12. The Morgan fingerprint density at radius 2 is 0.842 bits per heavy atom. The van der Waals surface area contributed by atoms with Crippen molar-refractivity contribution in [2.45, 2.75) is 32.8 Å². The molecule has 0 aromatic rings.